The van der Waals surface area contributed by atoms with Crippen LogP contribution in [0.25, 0.3) is 0 Å². The van der Waals surface area contributed by atoms with Crippen molar-refractivity contribution in [1.82, 2.24) is 9.80 Å². The number of nitrogens with zero attached hydrogens (tertiary/aromatic N) is 2. The molecule has 2 aromatic carbocycles. The van der Waals surface area contributed by atoms with Gasteiger partial charge in [0, 0.05) is 38.3 Å². The lowest BCUT2D eigenvalue weighted by Crippen LogP contribution is -2.55. The second-order valence-corrected chi connectivity index (χ2v) is 6.54. The largest absolute Gasteiger partial charge is 0.296 e. The zero-order chi connectivity index (χ0) is 15.4. The van der Waals surface area contributed by atoms with Gasteiger partial charge in [0.05, 0.1) is 0 Å². The third-order valence-electron chi connectivity index (χ3n) is 4.63. The average molecular weight is 294 g/mol. The summed E-state index contributed by atoms with van der Waals surface area (Å²) in [5.41, 5.74) is 2.83. The summed E-state index contributed by atoms with van der Waals surface area (Å²) in [6.45, 7) is 9.13. The summed E-state index contributed by atoms with van der Waals surface area (Å²) in [7, 11) is 0. The molecule has 0 aliphatic carbocycles. The summed E-state index contributed by atoms with van der Waals surface area (Å²) in [6.07, 6.45) is 0. The van der Waals surface area contributed by atoms with Gasteiger partial charge in [0.2, 0.25) is 0 Å². The van der Waals surface area contributed by atoms with E-state index >= 15 is 0 Å². The molecule has 0 saturated carbocycles. The molecule has 2 aromatic rings. The number of rotatable bonds is 4. The molecule has 0 amide bonds. The van der Waals surface area contributed by atoms with Crippen LogP contribution >= 0.6 is 0 Å². The Morgan fingerprint density at radius 2 is 1.18 bits per heavy atom. The van der Waals surface area contributed by atoms with Gasteiger partial charge in [-0.15, -0.1) is 0 Å². The molecule has 1 saturated heterocycles. The van der Waals surface area contributed by atoms with Crippen LogP contribution in [0.2, 0.25) is 0 Å². The molecule has 0 bridgehead atoms. The molecule has 1 heterocycles. The van der Waals surface area contributed by atoms with Crippen molar-refractivity contribution in [3.8, 4) is 0 Å². The fourth-order valence-electron chi connectivity index (χ4n) is 3.54. The van der Waals surface area contributed by atoms with Gasteiger partial charge < -0.3 is 0 Å². The lowest BCUT2D eigenvalue weighted by Gasteiger charge is -2.44. The van der Waals surface area contributed by atoms with Crippen LogP contribution in [0.4, 0.5) is 0 Å². The number of hydrogen-bond acceptors (Lipinski definition) is 2. The Morgan fingerprint density at radius 3 is 1.68 bits per heavy atom. The number of piperazine rings is 1. The molecule has 0 radical (unpaired) electrons. The fourth-order valence-corrected chi connectivity index (χ4v) is 3.54. The van der Waals surface area contributed by atoms with E-state index in [0.29, 0.717) is 12.1 Å². The first-order valence-electron chi connectivity index (χ1n) is 8.28. The molecule has 1 fully saturated rings. The van der Waals surface area contributed by atoms with Gasteiger partial charge in [-0.05, 0) is 25.0 Å². The number of benzene rings is 2. The summed E-state index contributed by atoms with van der Waals surface area (Å²) in [5.74, 6) is 0. The van der Waals surface area contributed by atoms with Crippen LogP contribution in [0.1, 0.15) is 25.0 Å². The molecule has 1 aliphatic rings. The van der Waals surface area contributed by atoms with Crippen LogP contribution < -0.4 is 0 Å². The minimum atomic E-state index is 0.590. The topological polar surface area (TPSA) is 6.48 Å². The fraction of sp³-hybridized carbons (Fsp3) is 0.400. The van der Waals surface area contributed by atoms with Gasteiger partial charge in [0.1, 0.15) is 0 Å². The first-order chi connectivity index (χ1) is 10.7. The predicted octanol–water partition coefficient (Wildman–Crippen LogP) is 3.78. The van der Waals surface area contributed by atoms with Crippen LogP contribution in [-0.2, 0) is 13.1 Å². The normalized spacial score (nSPS) is 23.5. The highest BCUT2D eigenvalue weighted by atomic mass is 15.3. The lowest BCUT2D eigenvalue weighted by molar-refractivity contribution is 0.0290. The molecule has 2 unspecified atom stereocenters. The van der Waals surface area contributed by atoms with Gasteiger partial charge in [0.15, 0.2) is 0 Å². The Bertz CT molecular complexity index is 555. The van der Waals surface area contributed by atoms with Gasteiger partial charge in [-0.2, -0.15) is 0 Å². The van der Waals surface area contributed by atoms with E-state index in [9.17, 15) is 0 Å². The van der Waals surface area contributed by atoms with Crippen molar-refractivity contribution in [3.05, 3.63) is 71.8 Å². The molecular formula is C20H26N2. The van der Waals surface area contributed by atoms with E-state index in [2.05, 4.69) is 84.3 Å². The first kappa shape index (κ1) is 15.3. The Balaban J connectivity index is 1.61. The Hall–Kier alpha value is -1.64. The lowest BCUT2D eigenvalue weighted by atomic mass is 10.0. The quantitative estimate of drug-likeness (QED) is 0.846. The Labute approximate surface area is 134 Å². The summed E-state index contributed by atoms with van der Waals surface area (Å²) in [5, 5.41) is 0. The van der Waals surface area contributed by atoms with Crippen LogP contribution in [0.3, 0.4) is 0 Å². The van der Waals surface area contributed by atoms with E-state index in [-0.39, 0.29) is 0 Å². The number of hydrogen-bond donors (Lipinski definition) is 0. The van der Waals surface area contributed by atoms with Crippen molar-refractivity contribution in [2.45, 2.75) is 39.0 Å². The third-order valence-corrected chi connectivity index (χ3v) is 4.63. The van der Waals surface area contributed by atoms with Crippen LogP contribution in [0.5, 0.6) is 0 Å². The minimum absolute atomic E-state index is 0.590. The highest BCUT2D eigenvalue weighted by Gasteiger charge is 2.29. The van der Waals surface area contributed by atoms with E-state index in [1.165, 1.54) is 11.1 Å². The molecule has 0 N–H and O–H groups in total. The van der Waals surface area contributed by atoms with Crippen LogP contribution in [-0.4, -0.2) is 35.0 Å². The van der Waals surface area contributed by atoms with E-state index in [1.807, 2.05) is 0 Å². The Kier molecular flexibility index (Phi) is 4.91. The molecule has 3 rings (SSSR count). The highest BCUT2D eigenvalue weighted by molar-refractivity contribution is 5.16. The standard InChI is InChI=1S/C20H26N2/c1-17-13-21(15-19-9-5-3-6-10-19)14-18(2)22(17)16-20-11-7-4-8-12-20/h3-12,17-18H,13-16H2,1-2H3. The molecule has 2 heteroatoms. The van der Waals surface area contributed by atoms with Crippen LogP contribution in [0, 0.1) is 0 Å². The molecule has 1 aliphatic heterocycles. The van der Waals surface area contributed by atoms with Crippen molar-refractivity contribution in [2.24, 2.45) is 0 Å². The second-order valence-electron chi connectivity index (χ2n) is 6.54. The highest BCUT2D eigenvalue weighted by Crippen LogP contribution is 2.20. The molecule has 22 heavy (non-hydrogen) atoms. The zero-order valence-electron chi connectivity index (χ0n) is 13.7. The first-order valence-corrected chi connectivity index (χ1v) is 8.28. The van der Waals surface area contributed by atoms with Crippen molar-refractivity contribution < 1.29 is 0 Å². The summed E-state index contributed by atoms with van der Waals surface area (Å²) >= 11 is 0. The Morgan fingerprint density at radius 1 is 0.727 bits per heavy atom. The summed E-state index contributed by atoms with van der Waals surface area (Å²) in [4.78, 5) is 5.23. The molecule has 0 spiro atoms. The SMILES string of the molecule is CC1CN(Cc2ccccc2)CC(C)N1Cc1ccccc1. The maximum absolute atomic E-state index is 2.64. The smallest absolute Gasteiger partial charge is 0.0240 e. The van der Waals surface area contributed by atoms with E-state index < -0.39 is 0 Å². The van der Waals surface area contributed by atoms with Gasteiger partial charge in [0.25, 0.3) is 0 Å². The van der Waals surface area contributed by atoms with Gasteiger partial charge >= 0.3 is 0 Å². The molecule has 116 valence electrons. The monoisotopic (exact) mass is 294 g/mol. The van der Waals surface area contributed by atoms with Crippen LogP contribution in [0.15, 0.2) is 60.7 Å². The van der Waals surface area contributed by atoms with Gasteiger partial charge in [-0.3, -0.25) is 9.80 Å². The zero-order valence-corrected chi connectivity index (χ0v) is 13.7. The molecule has 2 atom stereocenters. The molecule has 2 nitrogen and oxygen atoms in total. The summed E-state index contributed by atoms with van der Waals surface area (Å²) in [6, 6.07) is 22.8. The average Bonchev–Trinajstić information content (AvgIpc) is 2.53. The van der Waals surface area contributed by atoms with Gasteiger partial charge in [-0.25, -0.2) is 0 Å². The van der Waals surface area contributed by atoms with Crippen molar-refractivity contribution >= 4 is 0 Å². The minimum Gasteiger partial charge on any atom is -0.296 e. The van der Waals surface area contributed by atoms with E-state index in [0.717, 1.165) is 26.2 Å². The van der Waals surface area contributed by atoms with E-state index in [1.54, 1.807) is 0 Å². The third kappa shape index (κ3) is 3.76. The van der Waals surface area contributed by atoms with Crippen molar-refractivity contribution in [1.29, 1.82) is 0 Å². The summed E-state index contributed by atoms with van der Waals surface area (Å²) < 4.78 is 0. The predicted molar refractivity (Wildman–Crippen MR) is 92.6 cm³/mol. The second kappa shape index (κ2) is 7.08. The molecular weight excluding hydrogens is 268 g/mol. The van der Waals surface area contributed by atoms with Crippen molar-refractivity contribution in [2.75, 3.05) is 13.1 Å². The van der Waals surface area contributed by atoms with Crippen molar-refractivity contribution in [3.63, 3.8) is 0 Å². The van der Waals surface area contributed by atoms with Gasteiger partial charge in [-0.1, -0.05) is 60.7 Å². The molecule has 0 aromatic heterocycles. The van der Waals surface area contributed by atoms with E-state index in [4.69, 9.17) is 0 Å². The maximum atomic E-state index is 2.64. The maximum Gasteiger partial charge on any atom is 0.0240 e.